The van der Waals surface area contributed by atoms with Gasteiger partial charge in [0.2, 0.25) is 5.91 Å². The highest BCUT2D eigenvalue weighted by molar-refractivity contribution is 5.87. The van der Waals surface area contributed by atoms with E-state index in [0.717, 1.165) is 0 Å². The van der Waals surface area contributed by atoms with Gasteiger partial charge in [0.05, 0.1) is 0 Å². The highest BCUT2D eigenvalue weighted by Crippen LogP contribution is 2.27. The standard InChI is InChI=1S/C13H17NO3/c1-3-9-13(12(16)17,14-10(2)15)11-7-5-4-6-8-11/h4-8H,3,9H2,1-2H3,(H,14,15)(H,16,17). The summed E-state index contributed by atoms with van der Waals surface area (Å²) in [5.74, 6) is -1.37. The Morgan fingerprint density at radius 1 is 1.29 bits per heavy atom. The first-order chi connectivity index (χ1) is 8.03. The summed E-state index contributed by atoms with van der Waals surface area (Å²) in [6, 6.07) is 8.80. The van der Waals surface area contributed by atoms with Crippen LogP contribution in [-0.4, -0.2) is 17.0 Å². The van der Waals surface area contributed by atoms with Gasteiger partial charge in [-0.05, 0) is 12.0 Å². The van der Waals surface area contributed by atoms with Crippen molar-refractivity contribution in [3.8, 4) is 0 Å². The van der Waals surface area contributed by atoms with Crippen molar-refractivity contribution in [1.29, 1.82) is 0 Å². The monoisotopic (exact) mass is 235 g/mol. The van der Waals surface area contributed by atoms with Crippen LogP contribution < -0.4 is 5.32 Å². The summed E-state index contributed by atoms with van der Waals surface area (Å²) in [5, 5.41) is 12.0. The molecule has 1 aromatic carbocycles. The quantitative estimate of drug-likeness (QED) is 0.819. The van der Waals surface area contributed by atoms with Crippen molar-refractivity contribution in [3.63, 3.8) is 0 Å². The molecule has 0 saturated heterocycles. The molecule has 1 amide bonds. The van der Waals surface area contributed by atoms with Crippen molar-refractivity contribution in [3.05, 3.63) is 35.9 Å². The number of amides is 1. The van der Waals surface area contributed by atoms with E-state index >= 15 is 0 Å². The maximum absolute atomic E-state index is 11.5. The van der Waals surface area contributed by atoms with E-state index in [2.05, 4.69) is 5.32 Å². The maximum atomic E-state index is 11.5. The first kappa shape index (κ1) is 13.2. The Labute approximate surface area is 101 Å². The molecule has 0 aromatic heterocycles. The molecule has 92 valence electrons. The van der Waals surface area contributed by atoms with E-state index in [1.807, 2.05) is 13.0 Å². The van der Waals surface area contributed by atoms with Gasteiger partial charge in [-0.25, -0.2) is 4.79 Å². The van der Waals surface area contributed by atoms with Gasteiger partial charge in [0.15, 0.2) is 5.54 Å². The second-order valence-corrected chi connectivity index (χ2v) is 4.01. The molecule has 0 aliphatic rings. The predicted octanol–water partition coefficient (Wildman–Crippen LogP) is 1.90. The van der Waals surface area contributed by atoms with E-state index in [-0.39, 0.29) is 5.91 Å². The van der Waals surface area contributed by atoms with Crippen LogP contribution in [0.5, 0.6) is 0 Å². The van der Waals surface area contributed by atoms with E-state index < -0.39 is 11.5 Å². The molecule has 1 atom stereocenters. The summed E-state index contributed by atoms with van der Waals surface area (Å²) in [6.45, 7) is 3.22. The number of hydrogen-bond donors (Lipinski definition) is 2. The summed E-state index contributed by atoms with van der Waals surface area (Å²) in [6.07, 6.45) is 1.04. The molecule has 1 rings (SSSR count). The normalized spacial score (nSPS) is 13.8. The third-order valence-electron chi connectivity index (χ3n) is 2.65. The Morgan fingerprint density at radius 2 is 1.88 bits per heavy atom. The smallest absolute Gasteiger partial charge is 0.334 e. The Bertz CT molecular complexity index is 402. The predicted molar refractivity (Wildman–Crippen MR) is 64.5 cm³/mol. The Hall–Kier alpha value is -1.84. The average molecular weight is 235 g/mol. The average Bonchev–Trinajstić information content (AvgIpc) is 2.28. The fourth-order valence-electron chi connectivity index (χ4n) is 1.96. The van der Waals surface area contributed by atoms with E-state index in [9.17, 15) is 14.7 Å². The number of carboxylic acids is 1. The largest absolute Gasteiger partial charge is 0.479 e. The molecule has 0 radical (unpaired) electrons. The molecule has 1 aromatic rings. The summed E-state index contributed by atoms with van der Waals surface area (Å²) in [5.41, 5.74) is -0.716. The van der Waals surface area contributed by atoms with E-state index in [1.54, 1.807) is 24.3 Å². The Kier molecular flexibility index (Phi) is 4.26. The lowest BCUT2D eigenvalue weighted by Crippen LogP contribution is -2.51. The van der Waals surface area contributed by atoms with Crippen molar-refractivity contribution in [1.82, 2.24) is 5.32 Å². The van der Waals surface area contributed by atoms with Crippen molar-refractivity contribution in [2.24, 2.45) is 0 Å². The number of carbonyl (C=O) groups is 2. The minimum atomic E-state index is -1.32. The lowest BCUT2D eigenvalue weighted by Gasteiger charge is -2.30. The van der Waals surface area contributed by atoms with Gasteiger partial charge < -0.3 is 10.4 Å². The van der Waals surface area contributed by atoms with Crippen LogP contribution in [0.1, 0.15) is 32.3 Å². The highest BCUT2D eigenvalue weighted by atomic mass is 16.4. The molecule has 4 nitrogen and oxygen atoms in total. The number of carbonyl (C=O) groups excluding carboxylic acids is 1. The fourth-order valence-corrected chi connectivity index (χ4v) is 1.96. The number of benzene rings is 1. The molecule has 17 heavy (non-hydrogen) atoms. The van der Waals surface area contributed by atoms with Crippen molar-refractivity contribution in [2.75, 3.05) is 0 Å². The molecule has 0 spiro atoms. The molecule has 0 aliphatic heterocycles. The van der Waals surface area contributed by atoms with Crippen LogP contribution in [0.4, 0.5) is 0 Å². The topological polar surface area (TPSA) is 66.4 Å². The van der Waals surface area contributed by atoms with Crippen LogP contribution in [0.25, 0.3) is 0 Å². The van der Waals surface area contributed by atoms with E-state index in [4.69, 9.17) is 0 Å². The van der Waals surface area contributed by atoms with Gasteiger partial charge in [-0.3, -0.25) is 4.79 Å². The zero-order valence-electron chi connectivity index (χ0n) is 10.1. The summed E-state index contributed by atoms with van der Waals surface area (Å²) in [4.78, 5) is 22.8. The van der Waals surface area contributed by atoms with E-state index in [1.165, 1.54) is 6.92 Å². The lowest BCUT2D eigenvalue weighted by atomic mass is 9.85. The molecule has 1 unspecified atom stereocenters. The zero-order valence-corrected chi connectivity index (χ0v) is 10.1. The van der Waals surface area contributed by atoms with Gasteiger partial charge >= 0.3 is 5.97 Å². The molecule has 0 heterocycles. The molecular weight excluding hydrogens is 218 g/mol. The van der Waals surface area contributed by atoms with Crippen molar-refractivity contribution < 1.29 is 14.7 Å². The van der Waals surface area contributed by atoms with Crippen LogP contribution >= 0.6 is 0 Å². The van der Waals surface area contributed by atoms with E-state index in [0.29, 0.717) is 18.4 Å². The third kappa shape index (κ3) is 2.84. The number of rotatable bonds is 5. The molecular formula is C13H17NO3. The Balaban J connectivity index is 3.24. The van der Waals surface area contributed by atoms with Crippen LogP contribution in [0.15, 0.2) is 30.3 Å². The van der Waals surface area contributed by atoms with Gasteiger partial charge in [0, 0.05) is 6.92 Å². The van der Waals surface area contributed by atoms with Crippen molar-refractivity contribution in [2.45, 2.75) is 32.2 Å². The number of nitrogens with one attached hydrogen (secondary N) is 1. The first-order valence-electron chi connectivity index (χ1n) is 5.60. The maximum Gasteiger partial charge on any atom is 0.334 e. The fraction of sp³-hybridized carbons (Fsp3) is 0.385. The molecule has 4 heteroatoms. The van der Waals surface area contributed by atoms with Gasteiger partial charge in [-0.15, -0.1) is 0 Å². The van der Waals surface area contributed by atoms with Crippen LogP contribution in [0.2, 0.25) is 0 Å². The summed E-state index contributed by atoms with van der Waals surface area (Å²) >= 11 is 0. The molecule has 0 fully saturated rings. The molecule has 2 N–H and O–H groups in total. The summed E-state index contributed by atoms with van der Waals surface area (Å²) < 4.78 is 0. The van der Waals surface area contributed by atoms with Crippen molar-refractivity contribution >= 4 is 11.9 Å². The van der Waals surface area contributed by atoms with Gasteiger partial charge in [-0.2, -0.15) is 0 Å². The van der Waals surface area contributed by atoms with Gasteiger partial charge in [0.1, 0.15) is 0 Å². The van der Waals surface area contributed by atoms with Crippen LogP contribution in [0, 0.1) is 0 Å². The minimum Gasteiger partial charge on any atom is -0.479 e. The highest BCUT2D eigenvalue weighted by Gasteiger charge is 2.40. The summed E-state index contributed by atoms with van der Waals surface area (Å²) in [7, 11) is 0. The second-order valence-electron chi connectivity index (χ2n) is 4.01. The third-order valence-corrected chi connectivity index (χ3v) is 2.65. The zero-order chi connectivity index (χ0) is 12.9. The SMILES string of the molecule is CCCC(NC(C)=O)(C(=O)O)c1ccccc1. The molecule has 0 bridgehead atoms. The molecule has 0 aliphatic carbocycles. The minimum absolute atomic E-state index is 0.343. The lowest BCUT2D eigenvalue weighted by molar-refractivity contribution is -0.148. The van der Waals surface area contributed by atoms with Gasteiger partial charge in [0.25, 0.3) is 0 Å². The van der Waals surface area contributed by atoms with Crippen LogP contribution in [0.3, 0.4) is 0 Å². The number of carboxylic acid groups (broad SMARTS) is 1. The Morgan fingerprint density at radius 3 is 2.29 bits per heavy atom. The second kappa shape index (κ2) is 5.48. The number of aliphatic carboxylic acids is 1. The van der Waals surface area contributed by atoms with Crippen LogP contribution in [-0.2, 0) is 15.1 Å². The first-order valence-corrected chi connectivity index (χ1v) is 5.60. The molecule has 0 saturated carbocycles. The number of hydrogen-bond acceptors (Lipinski definition) is 2. The van der Waals surface area contributed by atoms with Gasteiger partial charge in [-0.1, -0.05) is 43.7 Å².